The van der Waals surface area contributed by atoms with Crippen molar-refractivity contribution in [2.45, 2.75) is 51.9 Å². The lowest BCUT2D eigenvalue weighted by Crippen LogP contribution is -2.09. The molecule has 2 aromatic carbocycles. The van der Waals surface area contributed by atoms with E-state index in [0.29, 0.717) is 11.7 Å². The lowest BCUT2D eigenvalue weighted by Gasteiger charge is -2.20. The molecule has 172 valence electrons. The summed E-state index contributed by atoms with van der Waals surface area (Å²) in [5.74, 6) is 2.09. The number of benzene rings is 2. The molecule has 5 aromatic rings. The molecule has 0 spiro atoms. The summed E-state index contributed by atoms with van der Waals surface area (Å²) in [7, 11) is 0. The quantitative estimate of drug-likeness (QED) is 0.314. The van der Waals surface area contributed by atoms with Crippen LogP contribution in [0.5, 0.6) is 0 Å². The smallest absolute Gasteiger partial charge is 0.150 e. The molecule has 3 aromatic heterocycles. The molecule has 0 aliphatic heterocycles. The van der Waals surface area contributed by atoms with Crippen LogP contribution in [-0.2, 0) is 0 Å². The van der Waals surface area contributed by atoms with E-state index in [9.17, 15) is 0 Å². The molecule has 6 rings (SSSR count). The zero-order chi connectivity index (χ0) is 23.5. The Morgan fingerprint density at radius 3 is 2.41 bits per heavy atom. The summed E-state index contributed by atoms with van der Waals surface area (Å²) in [6.45, 7) is 4.00. The van der Waals surface area contributed by atoms with Crippen LogP contribution in [0.4, 0.5) is 5.82 Å². The van der Waals surface area contributed by atoms with Crippen LogP contribution in [0.2, 0.25) is 0 Å². The van der Waals surface area contributed by atoms with Crippen LogP contribution in [0.25, 0.3) is 38.9 Å². The number of nitrogen functional groups attached to an aromatic ring is 1. The van der Waals surface area contributed by atoms with E-state index < -0.39 is 0 Å². The van der Waals surface area contributed by atoms with Gasteiger partial charge in [0, 0.05) is 34.8 Å². The molecule has 34 heavy (non-hydrogen) atoms. The number of hydrogen-bond donors (Lipinski definition) is 1. The summed E-state index contributed by atoms with van der Waals surface area (Å²) >= 11 is 0. The van der Waals surface area contributed by atoms with E-state index in [1.807, 2.05) is 38.2 Å². The summed E-state index contributed by atoms with van der Waals surface area (Å²) in [4.78, 5) is 14.5. The first kappa shape index (κ1) is 22.1. The van der Waals surface area contributed by atoms with Crippen LogP contribution in [0.1, 0.15) is 57.7 Å². The van der Waals surface area contributed by atoms with Gasteiger partial charge >= 0.3 is 0 Å². The van der Waals surface area contributed by atoms with E-state index in [1.165, 1.54) is 32.1 Å². The molecule has 0 atom stereocenters. The summed E-state index contributed by atoms with van der Waals surface area (Å²) in [6.07, 6.45) is 9.97. The molecule has 5 nitrogen and oxygen atoms in total. The number of fused-ring (bicyclic) bond motifs is 2. The fraction of sp³-hybridized carbons (Fsp3) is 0.276. The molecule has 1 aliphatic carbocycles. The number of nitrogens with zero attached hydrogens (tertiary/aromatic N) is 4. The first-order valence-electron chi connectivity index (χ1n) is 12.4. The Morgan fingerprint density at radius 1 is 0.853 bits per heavy atom. The highest BCUT2D eigenvalue weighted by atomic mass is 15.1. The van der Waals surface area contributed by atoms with Gasteiger partial charge in [-0.05, 0) is 25.0 Å². The van der Waals surface area contributed by atoms with Gasteiger partial charge in [-0.1, -0.05) is 81.6 Å². The van der Waals surface area contributed by atoms with Crippen molar-refractivity contribution in [3.05, 3.63) is 78.9 Å². The SMILES string of the molecule is CC.Nc1nccn2c(C3CCCCC3)nc(-c3ccc4ccc(-c5ccccc5)nc4c3)c12. The van der Waals surface area contributed by atoms with E-state index >= 15 is 0 Å². The average Bonchev–Trinajstić information content (AvgIpc) is 3.31. The number of hydrogen-bond acceptors (Lipinski definition) is 4. The van der Waals surface area contributed by atoms with Crippen molar-refractivity contribution >= 4 is 22.2 Å². The summed E-state index contributed by atoms with van der Waals surface area (Å²) < 4.78 is 2.16. The number of rotatable bonds is 3. The second-order valence-corrected chi connectivity index (χ2v) is 8.65. The van der Waals surface area contributed by atoms with Gasteiger partial charge in [0.15, 0.2) is 0 Å². The fourth-order valence-corrected chi connectivity index (χ4v) is 4.97. The van der Waals surface area contributed by atoms with Crippen molar-refractivity contribution in [1.29, 1.82) is 0 Å². The van der Waals surface area contributed by atoms with Crippen LogP contribution >= 0.6 is 0 Å². The topological polar surface area (TPSA) is 69.1 Å². The third kappa shape index (κ3) is 4.03. The predicted octanol–water partition coefficient (Wildman–Crippen LogP) is 7.27. The minimum atomic E-state index is 0.468. The Bertz CT molecular complexity index is 1420. The van der Waals surface area contributed by atoms with E-state index in [4.69, 9.17) is 15.7 Å². The Morgan fingerprint density at radius 2 is 1.62 bits per heavy atom. The first-order valence-corrected chi connectivity index (χ1v) is 12.4. The van der Waals surface area contributed by atoms with Crippen molar-refractivity contribution in [2.24, 2.45) is 0 Å². The molecule has 5 heteroatoms. The van der Waals surface area contributed by atoms with E-state index in [2.05, 4.69) is 51.8 Å². The van der Waals surface area contributed by atoms with Gasteiger partial charge in [-0.25, -0.2) is 15.0 Å². The normalized spacial score (nSPS) is 14.2. The van der Waals surface area contributed by atoms with Crippen molar-refractivity contribution < 1.29 is 0 Å². The minimum Gasteiger partial charge on any atom is -0.382 e. The van der Waals surface area contributed by atoms with Gasteiger partial charge in [0.2, 0.25) is 0 Å². The van der Waals surface area contributed by atoms with Crippen molar-refractivity contribution in [2.75, 3.05) is 5.73 Å². The Balaban J connectivity index is 0.00000117. The Labute approximate surface area is 200 Å². The Kier molecular flexibility index (Phi) is 6.26. The molecule has 0 unspecified atom stereocenters. The zero-order valence-corrected chi connectivity index (χ0v) is 19.9. The van der Waals surface area contributed by atoms with Crippen LogP contribution in [0.3, 0.4) is 0 Å². The highest BCUT2D eigenvalue weighted by molar-refractivity contribution is 5.91. The van der Waals surface area contributed by atoms with Crippen LogP contribution in [0, 0.1) is 0 Å². The maximum Gasteiger partial charge on any atom is 0.150 e. The molecule has 1 fully saturated rings. The van der Waals surface area contributed by atoms with Crippen LogP contribution < -0.4 is 5.73 Å². The summed E-state index contributed by atoms with van der Waals surface area (Å²) in [5, 5.41) is 1.11. The van der Waals surface area contributed by atoms with Gasteiger partial charge in [-0.3, -0.25) is 4.40 Å². The number of pyridine rings is 1. The third-order valence-electron chi connectivity index (χ3n) is 6.62. The molecule has 0 amide bonds. The van der Waals surface area contributed by atoms with Crippen LogP contribution in [0.15, 0.2) is 73.1 Å². The van der Waals surface area contributed by atoms with Crippen molar-refractivity contribution in [1.82, 2.24) is 19.4 Å². The molecule has 0 radical (unpaired) electrons. The monoisotopic (exact) mass is 449 g/mol. The lowest BCUT2D eigenvalue weighted by molar-refractivity contribution is 0.428. The highest BCUT2D eigenvalue weighted by Gasteiger charge is 2.24. The summed E-state index contributed by atoms with van der Waals surface area (Å²) in [5.41, 5.74) is 12.2. The zero-order valence-electron chi connectivity index (χ0n) is 19.9. The third-order valence-corrected chi connectivity index (χ3v) is 6.62. The summed E-state index contributed by atoms with van der Waals surface area (Å²) in [6, 6.07) is 20.8. The van der Waals surface area contributed by atoms with Gasteiger partial charge in [0.25, 0.3) is 0 Å². The number of anilines is 1. The molecule has 0 bridgehead atoms. The van der Waals surface area contributed by atoms with Gasteiger partial charge in [0.1, 0.15) is 22.9 Å². The van der Waals surface area contributed by atoms with E-state index in [1.54, 1.807) is 6.20 Å². The molecule has 1 saturated carbocycles. The second kappa shape index (κ2) is 9.64. The maximum absolute atomic E-state index is 6.36. The lowest BCUT2D eigenvalue weighted by atomic mass is 9.89. The standard InChI is InChI=1S/C27H25N5.C2H6/c28-26-25-24(31-27(32(25)16-15-29-26)20-9-5-2-6-10-20)21-12-11-19-13-14-22(30-23(19)17-21)18-7-3-1-4-8-18;1-2/h1,3-4,7-8,11-17,20H,2,5-6,9-10H2,(H2,28,29);1-2H3. The van der Waals surface area contributed by atoms with Crippen molar-refractivity contribution in [3.8, 4) is 22.5 Å². The Hall–Kier alpha value is -3.73. The number of aromatic nitrogens is 4. The second-order valence-electron chi connectivity index (χ2n) is 8.65. The molecular formula is C29H31N5. The molecule has 1 aliphatic rings. The maximum atomic E-state index is 6.36. The van der Waals surface area contributed by atoms with E-state index in [0.717, 1.165) is 44.8 Å². The first-order chi connectivity index (χ1) is 16.8. The molecule has 2 N–H and O–H groups in total. The fourth-order valence-electron chi connectivity index (χ4n) is 4.97. The largest absolute Gasteiger partial charge is 0.382 e. The number of imidazole rings is 1. The minimum absolute atomic E-state index is 0.468. The number of nitrogens with two attached hydrogens (primary N) is 1. The van der Waals surface area contributed by atoms with Gasteiger partial charge in [-0.2, -0.15) is 0 Å². The predicted molar refractivity (Wildman–Crippen MR) is 141 cm³/mol. The van der Waals surface area contributed by atoms with Gasteiger partial charge in [0.05, 0.1) is 11.2 Å². The highest BCUT2D eigenvalue weighted by Crippen LogP contribution is 2.37. The van der Waals surface area contributed by atoms with Gasteiger partial charge in [-0.15, -0.1) is 0 Å². The molecule has 3 heterocycles. The molecular weight excluding hydrogens is 418 g/mol. The molecule has 0 saturated heterocycles. The van der Waals surface area contributed by atoms with Crippen LogP contribution in [-0.4, -0.2) is 19.4 Å². The van der Waals surface area contributed by atoms with Crippen molar-refractivity contribution in [3.63, 3.8) is 0 Å². The van der Waals surface area contributed by atoms with Gasteiger partial charge < -0.3 is 5.73 Å². The van der Waals surface area contributed by atoms with E-state index in [-0.39, 0.29) is 0 Å². The average molecular weight is 450 g/mol.